The molecule has 136 valence electrons. The van der Waals surface area contributed by atoms with Crippen molar-refractivity contribution in [1.82, 2.24) is 25.2 Å². The van der Waals surface area contributed by atoms with Gasteiger partial charge in [-0.05, 0) is 32.8 Å². The van der Waals surface area contributed by atoms with Gasteiger partial charge in [0.1, 0.15) is 6.04 Å². The minimum Gasteiger partial charge on any atom is -0.337 e. The minimum absolute atomic E-state index is 0.0846. The van der Waals surface area contributed by atoms with Crippen molar-refractivity contribution in [2.24, 2.45) is 0 Å². The van der Waals surface area contributed by atoms with Gasteiger partial charge in [-0.25, -0.2) is 4.98 Å². The van der Waals surface area contributed by atoms with E-state index >= 15 is 0 Å². The van der Waals surface area contributed by atoms with Gasteiger partial charge in [-0.1, -0.05) is 24.2 Å². The Labute approximate surface area is 150 Å². The van der Waals surface area contributed by atoms with Crippen LogP contribution in [0.2, 0.25) is 0 Å². The highest BCUT2D eigenvalue weighted by molar-refractivity contribution is 6.06. The summed E-state index contributed by atoms with van der Waals surface area (Å²) < 4.78 is 10.7. The van der Waals surface area contributed by atoms with Crippen LogP contribution in [0.25, 0.3) is 11.1 Å². The zero-order valence-corrected chi connectivity index (χ0v) is 15.3. The number of fused-ring (bicyclic) bond motifs is 1. The highest BCUT2D eigenvalue weighted by Crippen LogP contribution is 2.34. The van der Waals surface area contributed by atoms with E-state index in [1.807, 2.05) is 27.7 Å². The van der Waals surface area contributed by atoms with E-state index in [4.69, 9.17) is 9.05 Å². The number of hydrogen-bond donors (Lipinski definition) is 0. The number of carbonyl (C=O) groups excluding carboxylic acids is 1. The molecule has 0 bridgehead atoms. The molecule has 8 nitrogen and oxygen atoms in total. The highest BCUT2D eigenvalue weighted by Gasteiger charge is 2.36. The second-order valence-electron chi connectivity index (χ2n) is 7.06. The summed E-state index contributed by atoms with van der Waals surface area (Å²) in [5.41, 5.74) is 2.32. The lowest BCUT2D eigenvalue weighted by Crippen LogP contribution is -2.31. The molecule has 0 saturated carbocycles. The number of aryl methyl sites for hydroxylation is 2. The molecule has 1 amide bonds. The number of nitrogens with zero attached hydrogens (tertiary/aromatic N) is 5. The Balaban J connectivity index is 1.72. The zero-order chi connectivity index (χ0) is 18.4. The van der Waals surface area contributed by atoms with E-state index in [0.717, 1.165) is 12.8 Å². The molecule has 1 atom stereocenters. The van der Waals surface area contributed by atoms with Crippen molar-refractivity contribution in [2.75, 3.05) is 6.54 Å². The van der Waals surface area contributed by atoms with Gasteiger partial charge in [0.05, 0.1) is 16.6 Å². The molecule has 3 aromatic heterocycles. The molecule has 0 N–H and O–H groups in total. The predicted molar refractivity (Wildman–Crippen MR) is 92.7 cm³/mol. The van der Waals surface area contributed by atoms with E-state index in [2.05, 4.69) is 20.3 Å². The summed E-state index contributed by atoms with van der Waals surface area (Å²) in [5.74, 6) is 1.26. The molecule has 1 fully saturated rings. The molecule has 26 heavy (non-hydrogen) atoms. The van der Waals surface area contributed by atoms with Crippen molar-refractivity contribution in [3.8, 4) is 0 Å². The molecule has 3 aromatic rings. The Morgan fingerprint density at radius 3 is 2.77 bits per heavy atom. The Hall–Kier alpha value is -2.77. The summed E-state index contributed by atoms with van der Waals surface area (Å²) in [4.78, 5) is 23.9. The van der Waals surface area contributed by atoms with Crippen LogP contribution in [-0.4, -0.2) is 37.6 Å². The smallest absolute Gasteiger partial charge is 0.258 e. The van der Waals surface area contributed by atoms with E-state index in [1.54, 1.807) is 11.0 Å². The molecule has 4 rings (SSSR count). The second kappa shape index (κ2) is 6.19. The Morgan fingerprint density at radius 2 is 2.04 bits per heavy atom. The van der Waals surface area contributed by atoms with E-state index < -0.39 is 0 Å². The number of aromatic nitrogens is 4. The van der Waals surface area contributed by atoms with Gasteiger partial charge in [0.15, 0.2) is 5.82 Å². The predicted octanol–water partition coefficient (Wildman–Crippen LogP) is 3.32. The lowest BCUT2D eigenvalue weighted by atomic mass is 10.1. The van der Waals surface area contributed by atoms with Crippen LogP contribution in [0, 0.1) is 13.8 Å². The largest absolute Gasteiger partial charge is 0.337 e. The average molecular weight is 355 g/mol. The first-order chi connectivity index (χ1) is 12.5. The van der Waals surface area contributed by atoms with Gasteiger partial charge in [0.25, 0.3) is 11.6 Å². The third-order valence-corrected chi connectivity index (χ3v) is 4.75. The summed E-state index contributed by atoms with van der Waals surface area (Å²) in [6.45, 7) is 8.32. The van der Waals surface area contributed by atoms with Gasteiger partial charge < -0.3 is 13.9 Å². The molecule has 0 aliphatic carbocycles. The lowest BCUT2D eigenvalue weighted by molar-refractivity contribution is 0.0712. The molecular formula is C18H21N5O3. The first kappa shape index (κ1) is 16.7. The molecule has 1 saturated heterocycles. The van der Waals surface area contributed by atoms with E-state index in [9.17, 15) is 4.79 Å². The molecule has 4 heterocycles. The summed E-state index contributed by atoms with van der Waals surface area (Å²) in [7, 11) is 0. The fourth-order valence-corrected chi connectivity index (χ4v) is 3.42. The Kier molecular flexibility index (Phi) is 3.97. The van der Waals surface area contributed by atoms with Gasteiger partial charge >= 0.3 is 0 Å². The number of amides is 1. The van der Waals surface area contributed by atoms with Crippen LogP contribution in [0.5, 0.6) is 0 Å². The maximum atomic E-state index is 13.3. The fourth-order valence-electron chi connectivity index (χ4n) is 3.42. The summed E-state index contributed by atoms with van der Waals surface area (Å²) in [5, 5.41) is 8.66. The number of likely N-dealkylation sites (tertiary alicyclic amines) is 1. The SMILES string of the molecule is Cc1cc(C(=O)N2CCC[C@@H]2c2nc(C(C)C)no2)c2c(C)noc2n1. The van der Waals surface area contributed by atoms with Crippen LogP contribution in [0.3, 0.4) is 0 Å². The van der Waals surface area contributed by atoms with Crippen LogP contribution < -0.4 is 0 Å². The fraction of sp³-hybridized carbons (Fsp3) is 0.500. The number of rotatable bonds is 3. The van der Waals surface area contributed by atoms with Crippen LogP contribution in [0.1, 0.15) is 72.1 Å². The third kappa shape index (κ3) is 2.65. The molecule has 0 radical (unpaired) electrons. The average Bonchev–Trinajstić information content (AvgIpc) is 3.32. The molecule has 0 aromatic carbocycles. The van der Waals surface area contributed by atoms with E-state index in [-0.39, 0.29) is 17.9 Å². The Bertz CT molecular complexity index is 975. The van der Waals surface area contributed by atoms with Crippen molar-refractivity contribution in [2.45, 2.75) is 52.5 Å². The van der Waals surface area contributed by atoms with Crippen molar-refractivity contribution >= 4 is 17.0 Å². The van der Waals surface area contributed by atoms with Gasteiger partial charge in [-0.3, -0.25) is 4.79 Å². The number of hydrogen-bond acceptors (Lipinski definition) is 7. The first-order valence-electron chi connectivity index (χ1n) is 8.83. The normalized spacial score (nSPS) is 17.6. The molecule has 0 unspecified atom stereocenters. The van der Waals surface area contributed by atoms with Gasteiger partial charge in [-0.2, -0.15) is 4.98 Å². The quantitative estimate of drug-likeness (QED) is 0.710. The monoisotopic (exact) mass is 355 g/mol. The highest BCUT2D eigenvalue weighted by atomic mass is 16.5. The molecule has 8 heteroatoms. The lowest BCUT2D eigenvalue weighted by Gasteiger charge is -2.22. The van der Waals surface area contributed by atoms with Crippen molar-refractivity contribution in [1.29, 1.82) is 0 Å². The standard InChI is InChI=1S/C18H21N5O3/c1-9(2)15-20-16(25-22-15)13-6-5-7-23(13)18(24)12-8-10(3)19-17-14(12)11(4)21-26-17/h8-9,13H,5-7H2,1-4H3/t13-/m1/s1. The summed E-state index contributed by atoms with van der Waals surface area (Å²) >= 11 is 0. The third-order valence-electron chi connectivity index (χ3n) is 4.75. The van der Waals surface area contributed by atoms with E-state index in [0.29, 0.717) is 46.3 Å². The van der Waals surface area contributed by atoms with E-state index in [1.165, 1.54) is 0 Å². The molecule has 1 aliphatic heterocycles. The van der Waals surface area contributed by atoms with Crippen LogP contribution in [0.15, 0.2) is 15.1 Å². The maximum Gasteiger partial charge on any atom is 0.258 e. The maximum absolute atomic E-state index is 13.3. The summed E-state index contributed by atoms with van der Waals surface area (Å²) in [6, 6.07) is 1.59. The van der Waals surface area contributed by atoms with Crippen LogP contribution >= 0.6 is 0 Å². The molecule has 1 aliphatic rings. The minimum atomic E-state index is -0.203. The van der Waals surface area contributed by atoms with Crippen molar-refractivity contribution < 1.29 is 13.8 Å². The van der Waals surface area contributed by atoms with Crippen molar-refractivity contribution in [3.63, 3.8) is 0 Å². The number of carbonyl (C=O) groups is 1. The zero-order valence-electron chi connectivity index (χ0n) is 15.3. The van der Waals surface area contributed by atoms with Gasteiger partial charge in [-0.15, -0.1) is 0 Å². The molecule has 0 spiro atoms. The van der Waals surface area contributed by atoms with Gasteiger partial charge in [0, 0.05) is 18.2 Å². The second-order valence-corrected chi connectivity index (χ2v) is 7.06. The topological polar surface area (TPSA) is 98.2 Å². The molecular weight excluding hydrogens is 334 g/mol. The first-order valence-corrected chi connectivity index (χ1v) is 8.83. The van der Waals surface area contributed by atoms with Crippen molar-refractivity contribution in [3.05, 3.63) is 34.7 Å². The Morgan fingerprint density at radius 1 is 1.23 bits per heavy atom. The summed E-state index contributed by atoms with van der Waals surface area (Å²) in [6.07, 6.45) is 1.70. The van der Waals surface area contributed by atoms with Crippen LogP contribution in [-0.2, 0) is 0 Å². The van der Waals surface area contributed by atoms with Crippen LogP contribution in [0.4, 0.5) is 0 Å². The number of pyridine rings is 1. The van der Waals surface area contributed by atoms with Gasteiger partial charge in [0.2, 0.25) is 5.89 Å².